The minimum absolute atomic E-state index is 0.00483. The molecule has 0 spiro atoms. The van der Waals surface area contributed by atoms with Crippen molar-refractivity contribution in [1.82, 2.24) is 5.16 Å². The molecule has 0 fully saturated rings. The summed E-state index contributed by atoms with van der Waals surface area (Å²) >= 11 is 0. The third-order valence-corrected chi connectivity index (χ3v) is 4.09. The summed E-state index contributed by atoms with van der Waals surface area (Å²) in [6, 6.07) is 12.8. The van der Waals surface area contributed by atoms with E-state index < -0.39 is 10.9 Å². The van der Waals surface area contributed by atoms with Gasteiger partial charge in [-0.25, -0.2) is 0 Å². The fourth-order valence-corrected chi connectivity index (χ4v) is 2.67. The fourth-order valence-electron chi connectivity index (χ4n) is 2.67. The van der Waals surface area contributed by atoms with E-state index in [2.05, 4.69) is 5.16 Å². The Kier molecular flexibility index (Phi) is 4.63. The van der Waals surface area contributed by atoms with Crippen molar-refractivity contribution in [2.45, 2.75) is 13.0 Å². The maximum absolute atomic E-state index is 12.0. The van der Waals surface area contributed by atoms with Crippen molar-refractivity contribution in [2.24, 2.45) is 0 Å². The van der Waals surface area contributed by atoms with Crippen LogP contribution >= 0.6 is 0 Å². The number of nitro groups is 1. The van der Waals surface area contributed by atoms with Gasteiger partial charge in [-0.05, 0) is 23.8 Å². The molecule has 0 radical (unpaired) electrons. The number of hydrogen-bond acceptors (Lipinski definition) is 8. The number of nitro benzene ring substituents is 1. The first-order valence-corrected chi connectivity index (χ1v) is 8.33. The number of esters is 1. The monoisotopic (exact) mass is 382 g/mol. The van der Waals surface area contributed by atoms with Crippen molar-refractivity contribution in [1.29, 1.82) is 0 Å². The van der Waals surface area contributed by atoms with Crippen LogP contribution in [0.2, 0.25) is 0 Å². The number of carbonyl (C=O) groups is 1. The van der Waals surface area contributed by atoms with Crippen LogP contribution in [0.15, 0.2) is 53.1 Å². The summed E-state index contributed by atoms with van der Waals surface area (Å²) in [5, 5.41) is 14.5. The summed E-state index contributed by atoms with van der Waals surface area (Å²) in [6.07, 6.45) is 0.00483. The van der Waals surface area contributed by atoms with E-state index in [4.69, 9.17) is 18.7 Å². The molecular formula is C19H14N2O7. The number of rotatable bonds is 6. The van der Waals surface area contributed by atoms with Gasteiger partial charge < -0.3 is 18.7 Å². The summed E-state index contributed by atoms with van der Waals surface area (Å²) in [6.45, 7) is 0.144. The Morgan fingerprint density at radius 3 is 2.68 bits per heavy atom. The lowest BCUT2D eigenvalue weighted by atomic mass is 10.1. The van der Waals surface area contributed by atoms with Gasteiger partial charge in [0.25, 0.3) is 5.69 Å². The zero-order chi connectivity index (χ0) is 19.5. The molecular weight excluding hydrogens is 368 g/mol. The molecule has 0 amide bonds. The highest BCUT2D eigenvalue weighted by molar-refractivity contribution is 5.72. The lowest BCUT2D eigenvalue weighted by molar-refractivity contribution is -0.384. The van der Waals surface area contributed by atoms with Crippen LogP contribution < -0.4 is 9.47 Å². The quantitative estimate of drug-likeness (QED) is 0.362. The Morgan fingerprint density at radius 1 is 1.11 bits per heavy atom. The Bertz CT molecular complexity index is 1030. The lowest BCUT2D eigenvalue weighted by Gasteiger charge is -2.02. The molecule has 1 aliphatic heterocycles. The highest BCUT2D eigenvalue weighted by Gasteiger charge is 2.16. The van der Waals surface area contributed by atoms with E-state index in [1.807, 2.05) is 6.07 Å². The largest absolute Gasteiger partial charge is 0.459 e. The van der Waals surface area contributed by atoms with Gasteiger partial charge in [0.2, 0.25) is 6.79 Å². The minimum Gasteiger partial charge on any atom is -0.459 e. The average Bonchev–Trinajstić information content (AvgIpc) is 3.35. The number of nitrogens with zero attached hydrogens (tertiary/aromatic N) is 2. The zero-order valence-electron chi connectivity index (χ0n) is 14.5. The number of fused-ring (bicyclic) bond motifs is 1. The Morgan fingerprint density at radius 2 is 1.89 bits per heavy atom. The predicted octanol–water partition coefficient (Wildman–Crippen LogP) is 3.26. The highest BCUT2D eigenvalue weighted by atomic mass is 16.7. The third kappa shape index (κ3) is 3.78. The zero-order valence-corrected chi connectivity index (χ0v) is 14.5. The highest BCUT2D eigenvalue weighted by Crippen LogP contribution is 2.36. The molecule has 1 aromatic heterocycles. The first kappa shape index (κ1) is 17.5. The standard InChI is InChI=1S/C19H14N2O7/c22-19(7-12-1-4-15(5-2-12)21(23)24)25-10-14-9-17(28-20-14)13-3-6-16-18(8-13)27-11-26-16/h1-6,8-9H,7,10-11H2. The molecule has 1 aliphatic rings. The van der Waals surface area contributed by atoms with Crippen LogP contribution in [0.25, 0.3) is 11.3 Å². The molecule has 4 rings (SSSR count). The number of non-ortho nitro benzene ring substituents is 1. The molecule has 0 N–H and O–H groups in total. The second kappa shape index (κ2) is 7.39. The molecule has 28 heavy (non-hydrogen) atoms. The average molecular weight is 382 g/mol. The molecule has 0 atom stereocenters. The smallest absolute Gasteiger partial charge is 0.310 e. The van der Waals surface area contributed by atoms with Crippen LogP contribution in [0.3, 0.4) is 0 Å². The number of ether oxygens (including phenoxy) is 3. The van der Waals surface area contributed by atoms with Gasteiger partial charge in [0.1, 0.15) is 12.3 Å². The number of hydrogen-bond donors (Lipinski definition) is 0. The van der Waals surface area contributed by atoms with Crippen LogP contribution in [0.5, 0.6) is 11.5 Å². The van der Waals surface area contributed by atoms with Gasteiger partial charge in [0.15, 0.2) is 17.3 Å². The van der Waals surface area contributed by atoms with Crippen molar-refractivity contribution >= 4 is 11.7 Å². The van der Waals surface area contributed by atoms with E-state index in [9.17, 15) is 14.9 Å². The van der Waals surface area contributed by atoms with Crippen molar-refractivity contribution in [3.63, 3.8) is 0 Å². The van der Waals surface area contributed by atoms with E-state index in [-0.39, 0.29) is 25.5 Å². The van der Waals surface area contributed by atoms with Gasteiger partial charge in [-0.3, -0.25) is 14.9 Å². The summed E-state index contributed by atoms with van der Waals surface area (Å²) in [5.41, 5.74) is 1.82. The predicted molar refractivity (Wildman–Crippen MR) is 94.7 cm³/mol. The third-order valence-electron chi connectivity index (χ3n) is 4.09. The van der Waals surface area contributed by atoms with E-state index in [1.54, 1.807) is 18.2 Å². The molecule has 0 unspecified atom stereocenters. The molecule has 2 aromatic carbocycles. The van der Waals surface area contributed by atoms with Gasteiger partial charge >= 0.3 is 5.97 Å². The first-order valence-electron chi connectivity index (χ1n) is 8.33. The molecule has 0 saturated heterocycles. The SMILES string of the molecule is O=C(Cc1ccc([N+](=O)[O-])cc1)OCc1cc(-c2ccc3c(c2)OCO3)on1. The van der Waals surface area contributed by atoms with E-state index in [1.165, 1.54) is 24.3 Å². The minimum atomic E-state index is -0.496. The second-order valence-electron chi connectivity index (χ2n) is 6.01. The molecule has 0 bridgehead atoms. The van der Waals surface area contributed by atoms with Gasteiger partial charge in [-0.2, -0.15) is 0 Å². The maximum Gasteiger partial charge on any atom is 0.310 e. The Hall–Kier alpha value is -3.88. The Labute approximate surface area is 158 Å². The van der Waals surface area contributed by atoms with Crippen LogP contribution in [0.1, 0.15) is 11.3 Å². The summed E-state index contributed by atoms with van der Waals surface area (Å²) in [5.74, 6) is 1.34. The molecule has 3 aromatic rings. The number of aromatic nitrogens is 1. The first-order chi connectivity index (χ1) is 13.6. The van der Waals surface area contributed by atoms with Gasteiger partial charge in [0.05, 0.1) is 11.3 Å². The summed E-state index contributed by atoms with van der Waals surface area (Å²) < 4.78 is 21.1. The molecule has 9 nitrogen and oxygen atoms in total. The van der Waals surface area contributed by atoms with Crippen molar-refractivity contribution in [3.05, 3.63) is 69.9 Å². The maximum atomic E-state index is 12.0. The van der Waals surface area contributed by atoms with Crippen LogP contribution in [0, 0.1) is 10.1 Å². The summed E-state index contributed by atoms with van der Waals surface area (Å²) in [7, 11) is 0. The molecule has 9 heteroatoms. The number of carbonyl (C=O) groups excluding carboxylic acids is 1. The van der Waals surface area contributed by atoms with Crippen molar-refractivity contribution < 1.29 is 28.5 Å². The second-order valence-corrected chi connectivity index (χ2v) is 6.01. The van der Waals surface area contributed by atoms with Gasteiger partial charge in [-0.15, -0.1) is 0 Å². The molecule has 0 aliphatic carbocycles. The molecule has 0 saturated carbocycles. The fraction of sp³-hybridized carbons (Fsp3) is 0.158. The topological polar surface area (TPSA) is 114 Å². The normalized spacial score (nSPS) is 12.0. The van der Waals surface area contributed by atoms with Crippen LogP contribution in [-0.4, -0.2) is 22.8 Å². The van der Waals surface area contributed by atoms with Gasteiger partial charge in [-0.1, -0.05) is 17.3 Å². The van der Waals surface area contributed by atoms with Crippen LogP contribution in [-0.2, 0) is 22.6 Å². The van der Waals surface area contributed by atoms with E-state index in [0.29, 0.717) is 28.5 Å². The molecule has 2 heterocycles. The van der Waals surface area contributed by atoms with Crippen molar-refractivity contribution in [2.75, 3.05) is 6.79 Å². The van der Waals surface area contributed by atoms with E-state index >= 15 is 0 Å². The lowest BCUT2D eigenvalue weighted by Crippen LogP contribution is -2.08. The number of benzene rings is 2. The van der Waals surface area contributed by atoms with Gasteiger partial charge in [0, 0.05) is 23.8 Å². The van der Waals surface area contributed by atoms with E-state index in [0.717, 1.165) is 5.56 Å². The Balaban J connectivity index is 1.34. The molecule has 142 valence electrons. The summed E-state index contributed by atoms with van der Waals surface area (Å²) in [4.78, 5) is 22.1. The van der Waals surface area contributed by atoms with Crippen LogP contribution in [0.4, 0.5) is 5.69 Å². The van der Waals surface area contributed by atoms with Crippen molar-refractivity contribution in [3.8, 4) is 22.8 Å².